The summed E-state index contributed by atoms with van der Waals surface area (Å²) in [6, 6.07) is 10.4. The molecule has 0 atom stereocenters. The van der Waals surface area contributed by atoms with E-state index in [0.717, 1.165) is 5.69 Å². The number of rotatable bonds is 4. The zero-order valence-corrected chi connectivity index (χ0v) is 12.5. The van der Waals surface area contributed by atoms with Gasteiger partial charge in [0.25, 0.3) is 5.91 Å². The molecule has 0 aliphatic rings. The van der Waals surface area contributed by atoms with Gasteiger partial charge in [0.1, 0.15) is 5.75 Å². The van der Waals surface area contributed by atoms with Crippen molar-refractivity contribution in [3.63, 3.8) is 0 Å². The Kier molecular flexibility index (Phi) is 4.55. The average molecular weight is 306 g/mol. The number of methoxy groups -OCH3 is 1. The Morgan fingerprint density at radius 3 is 2.62 bits per heavy atom. The first-order valence-electron chi connectivity index (χ1n) is 6.27. The van der Waals surface area contributed by atoms with E-state index in [0.29, 0.717) is 27.7 Å². The van der Waals surface area contributed by atoms with Crippen molar-refractivity contribution in [3.8, 4) is 5.75 Å². The maximum absolute atomic E-state index is 11.9. The van der Waals surface area contributed by atoms with Crippen molar-refractivity contribution in [1.29, 1.82) is 0 Å². The van der Waals surface area contributed by atoms with Crippen LogP contribution in [0.4, 0.5) is 17.1 Å². The molecule has 5 nitrogen and oxygen atoms in total. The lowest BCUT2D eigenvalue weighted by Gasteiger charge is -2.13. The van der Waals surface area contributed by atoms with Gasteiger partial charge in [0.15, 0.2) is 0 Å². The Hall–Kier alpha value is -2.40. The van der Waals surface area contributed by atoms with Crippen molar-refractivity contribution in [2.75, 3.05) is 25.2 Å². The highest BCUT2D eigenvalue weighted by Crippen LogP contribution is 2.30. The Labute approximate surface area is 128 Å². The van der Waals surface area contributed by atoms with Gasteiger partial charge in [0, 0.05) is 18.4 Å². The maximum Gasteiger partial charge on any atom is 0.253 e. The Balaban J connectivity index is 2.35. The summed E-state index contributed by atoms with van der Waals surface area (Å²) < 4.78 is 5.10. The number of carbonyl (C=O) groups is 1. The zero-order chi connectivity index (χ0) is 15.4. The summed E-state index contributed by atoms with van der Waals surface area (Å²) in [6.45, 7) is 0. The smallest absolute Gasteiger partial charge is 0.253 e. The quantitative estimate of drug-likeness (QED) is 0.759. The predicted octanol–water partition coefficient (Wildman–Crippen LogP) is 3.03. The topological polar surface area (TPSA) is 76.4 Å². The summed E-state index contributed by atoms with van der Waals surface area (Å²) in [4.78, 5) is 11.9. The molecular formula is C15H16ClN3O2. The van der Waals surface area contributed by atoms with Crippen LogP contribution in [0.3, 0.4) is 0 Å². The number of benzene rings is 2. The summed E-state index contributed by atoms with van der Waals surface area (Å²) in [5, 5.41) is 6.22. The number of anilines is 3. The first-order valence-corrected chi connectivity index (χ1v) is 6.65. The predicted molar refractivity (Wildman–Crippen MR) is 85.5 cm³/mol. The van der Waals surface area contributed by atoms with Crippen molar-refractivity contribution in [2.24, 2.45) is 0 Å². The van der Waals surface area contributed by atoms with Crippen molar-refractivity contribution >= 4 is 34.6 Å². The fourth-order valence-electron chi connectivity index (χ4n) is 1.89. The van der Waals surface area contributed by atoms with Crippen LogP contribution in [0.15, 0.2) is 36.4 Å². The first-order chi connectivity index (χ1) is 10.0. The molecule has 4 N–H and O–H groups in total. The highest BCUT2D eigenvalue weighted by Gasteiger charge is 2.11. The third-order valence-corrected chi connectivity index (χ3v) is 3.24. The Bertz CT molecular complexity index is 674. The lowest BCUT2D eigenvalue weighted by molar-refractivity contribution is 0.0964. The standard InChI is InChI=1S/C15H16ClN3O2/c1-18-15(20)11-7-9(17)3-5-13(11)19-10-4-6-14(21-2)12(16)8-10/h3-8,19H,17H2,1-2H3,(H,18,20). The van der Waals surface area contributed by atoms with Gasteiger partial charge in [0.05, 0.1) is 23.4 Å². The van der Waals surface area contributed by atoms with Crippen LogP contribution >= 0.6 is 11.6 Å². The molecule has 2 rings (SSSR count). The average Bonchev–Trinajstić information content (AvgIpc) is 2.48. The molecule has 2 aromatic carbocycles. The van der Waals surface area contributed by atoms with Gasteiger partial charge < -0.3 is 21.1 Å². The number of amides is 1. The van der Waals surface area contributed by atoms with Crippen LogP contribution in [-0.4, -0.2) is 20.1 Å². The first kappa shape index (κ1) is 15.0. The Morgan fingerprint density at radius 1 is 1.24 bits per heavy atom. The van der Waals surface area contributed by atoms with Gasteiger partial charge in [0.2, 0.25) is 0 Å². The van der Waals surface area contributed by atoms with Gasteiger partial charge in [-0.1, -0.05) is 11.6 Å². The number of carbonyl (C=O) groups excluding carboxylic acids is 1. The third-order valence-electron chi connectivity index (χ3n) is 2.95. The number of ether oxygens (including phenoxy) is 1. The molecule has 110 valence electrons. The van der Waals surface area contributed by atoms with Crippen molar-refractivity contribution in [2.45, 2.75) is 0 Å². The molecule has 0 heterocycles. The molecule has 2 aromatic rings. The van der Waals surface area contributed by atoms with Crippen LogP contribution in [0, 0.1) is 0 Å². The lowest BCUT2D eigenvalue weighted by atomic mass is 10.1. The van der Waals surface area contributed by atoms with E-state index in [9.17, 15) is 4.79 Å². The molecule has 0 saturated heterocycles. The van der Waals surface area contributed by atoms with E-state index in [2.05, 4.69) is 10.6 Å². The molecule has 0 fully saturated rings. The molecular weight excluding hydrogens is 290 g/mol. The normalized spacial score (nSPS) is 10.0. The van der Waals surface area contributed by atoms with Crippen LogP contribution in [0.25, 0.3) is 0 Å². The molecule has 1 amide bonds. The second-order valence-corrected chi connectivity index (χ2v) is 4.77. The minimum Gasteiger partial charge on any atom is -0.495 e. The van der Waals surface area contributed by atoms with Gasteiger partial charge >= 0.3 is 0 Å². The third kappa shape index (κ3) is 3.38. The lowest BCUT2D eigenvalue weighted by Crippen LogP contribution is -2.19. The number of nitrogen functional groups attached to an aromatic ring is 1. The summed E-state index contributed by atoms with van der Waals surface area (Å²) in [5.74, 6) is 0.371. The SMILES string of the molecule is CNC(=O)c1cc(N)ccc1Nc1ccc(OC)c(Cl)c1. The second kappa shape index (κ2) is 6.37. The molecule has 0 saturated carbocycles. The number of nitrogens with one attached hydrogen (secondary N) is 2. The monoisotopic (exact) mass is 305 g/mol. The molecule has 6 heteroatoms. The van der Waals surface area contributed by atoms with Gasteiger partial charge in [-0.15, -0.1) is 0 Å². The van der Waals surface area contributed by atoms with Gasteiger partial charge in [-0.3, -0.25) is 4.79 Å². The molecule has 21 heavy (non-hydrogen) atoms. The summed E-state index contributed by atoms with van der Waals surface area (Å²) in [5.41, 5.74) is 8.10. The van der Waals surface area contributed by atoms with Gasteiger partial charge in [-0.2, -0.15) is 0 Å². The molecule has 0 bridgehead atoms. The van der Waals surface area contributed by atoms with Crippen molar-refractivity contribution < 1.29 is 9.53 Å². The number of hydrogen-bond donors (Lipinski definition) is 3. The summed E-state index contributed by atoms with van der Waals surface area (Å²) in [7, 11) is 3.12. The van der Waals surface area contributed by atoms with E-state index in [1.165, 1.54) is 0 Å². The highest BCUT2D eigenvalue weighted by atomic mass is 35.5. The molecule has 0 radical (unpaired) electrons. The summed E-state index contributed by atoms with van der Waals surface area (Å²) >= 11 is 6.09. The van der Waals surface area contributed by atoms with E-state index in [1.807, 2.05) is 6.07 Å². The molecule has 0 unspecified atom stereocenters. The molecule has 0 spiro atoms. The van der Waals surface area contributed by atoms with E-state index in [1.54, 1.807) is 44.5 Å². The fourth-order valence-corrected chi connectivity index (χ4v) is 2.15. The Morgan fingerprint density at radius 2 is 2.00 bits per heavy atom. The van der Waals surface area contributed by atoms with Gasteiger partial charge in [-0.05, 0) is 36.4 Å². The minimum atomic E-state index is -0.218. The number of halogens is 1. The minimum absolute atomic E-state index is 0.218. The van der Waals surface area contributed by atoms with E-state index in [4.69, 9.17) is 22.1 Å². The maximum atomic E-state index is 11.9. The van der Waals surface area contributed by atoms with E-state index < -0.39 is 0 Å². The van der Waals surface area contributed by atoms with Gasteiger partial charge in [-0.25, -0.2) is 0 Å². The van der Waals surface area contributed by atoms with E-state index >= 15 is 0 Å². The van der Waals surface area contributed by atoms with Crippen LogP contribution in [0.1, 0.15) is 10.4 Å². The fraction of sp³-hybridized carbons (Fsp3) is 0.133. The van der Waals surface area contributed by atoms with Crippen LogP contribution in [0.5, 0.6) is 5.75 Å². The summed E-state index contributed by atoms with van der Waals surface area (Å²) in [6.07, 6.45) is 0. The van der Waals surface area contributed by atoms with Crippen LogP contribution in [0.2, 0.25) is 5.02 Å². The van der Waals surface area contributed by atoms with Crippen molar-refractivity contribution in [3.05, 3.63) is 47.0 Å². The van der Waals surface area contributed by atoms with Crippen LogP contribution in [-0.2, 0) is 0 Å². The van der Waals surface area contributed by atoms with Crippen LogP contribution < -0.4 is 21.1 Å². The van der Waals surface area contributed by atoms with Crippen molar-refractivity contribution in [1.82, 2.24) is 5.32 Å². The number of nitrogens with two attached hydrogens (primary N) is 1. The largest absolute Gasteiger partial charge is 0.495 e. The highest BCUT2D eigenvalue weighted by molar-refractivity contribution is 6.32. The zero-order valence-electron chi connectivity index (χ0n) is 11.7. The number of hydrogen-bond acceptors (Lipinski definition) is 4. The van der Waals surface area contributed by atoms with E-state index in [-0.39, 0.29) is 5.91 Å². The molecule has 0 aliphatic heterocycles. The molecule has 0 aliphatic carbocycles. The molecule has 0 aromatic heterocycles. The second-order valence-electron chi connectivity index (χ2n) is 4.36.